The Kier molecular flexibility index (Phi) is 6.69. The molecule has 1 amide bonds. The van der Waals surface area contributed by atoms with Crippen molar-refractivity contribution in [1.29, 1.82) is 0 Å². The molecule has 0 saturated carbocycles. The summed E-state index contributed by atoms with van der Waals surface area (Å²) in [5.41, 5.74) is 3.99. The molecule has 1 N–H and O–H groups in total. The molecule has 144 valence electrons. The van der Waals surface area contributed by atoms with Gasteiger partial charge in [0, 0.05) is 22.8 Å². The summed E-state index contributed by atoms with van der Waals surface area (Å²) < 4.78 is 5.82. The second-order valence-corrected chi connectivity index (χ2v) is 7.21. The van der Waals surface area contributed by atoms with Gasteiger partial charge >= 0.3 is 0 Å². The predicted octanol–water partition coefficient (Wildman–Crippen LogP) is 5.09. The number of hydrogen-bond donors (Lipinski definition) is 1. The van der Waals surface area contributed by atoms with Gasteiger partial charge in [0.15, 0.2) is 6.61 Å². The minimum absolute atomic E-state index is 0.0618. The second kappa shape index (κ2) is 9.40. The van der Waals surface area contributed by atoms with Gasteiger partial charge in [0.1, 0.15) is 5.75 Å². The summed E-state index contributed by atoms with van der Waals surface area (Å²) in [5.74, 6) is 0.491. The first kappa shape index (κ1) is 19.9. The lowest BCUT2D eigenvalue weighted by Gasteiger charge is -2.16. The number of anilines is 1. The molecular formula is C23H23ClN2O2. The topological polar surface area (TPSA) is 41.6 Å². The van der Waals surface area contributed by atoms with Crippen molar-refractivity contribution in [3.05, 3.63) is 83.4 Å². The summed E-state index contributed by atoms with van der Waals surface area (Å²) in [7, 11) is 4.01. The van der Waals surface area contributed by atoms with Crippen LogP contribution in [0.4, 0.5) is 5.69 Å². The molecule has 0 radical (unpaired) electrons. The monoisotopic (exact) mass is 394 g/mol. The van der Waals surface area contributed by atoms with Gasteiger partial charge in [-0.1, -0.05) is 48.0 Å². The van der Waals surface area contributed by atoms with Crippen LogP contribution in [-0.4, -0.2) is 31.5 Å². The van der Waals surface area contributed by atoms with E-state index in [1.807, 2.05) is 44.4 Å². The summed E-state index contributed by atoms with van der Waals surface area (Å²) in [6.45, 7) is 0.655. The fourth-order valence-electron chi connectivity index (χ4n) is 2.87. The minimum Gasteiger partial charge on any atom is -0.483 e. The molecular weight excluding hydrogens is 372 g/mol. The Bertz CT molecular complexity index is 925. The third-order valence-corrected chi connectivity index (χ3v) is 4.39. The fraction of sp³-hybridized carbons (Fsp3) is 0.174. The first-order valence-corrected chi connectivity index (χ1v) is 9.40. The normalized spacial score (nSPS) is 10.7. The molecule has 0 atom stereocenters. The highest BCUT2D eigenvalue weighted by Gasteiger charge is 2.10. The van der Waals surface area contributed by atoms with E-state index in [9.17, 15) is 4.79 Å². The van der Waals surface area contributed by atoms with Crippen molar-refractivity contribution in [3.8, 4) is 16.9 Å². The van der Waals surface area contributed by atoms with E-state index in [1.165, 1.54) is 0 Å². The molecule has 3 rings (SSSR count). The Morgan fingerprint density at radius 1 is 0.964 bits per heavy atom. The molecule has 5 heteroatoms. The third kappa shape index (κ3) is 5.59. The molecule has 0 heterocycles. The first-order valence-electron chi connectivity index (χ1n) is 9.02. The van der Waals surface area contributed by atoms with E-state index in [4.69, 9.17) is 16.3 Å². The number of carbonyl (C=O) groups is 1. The lowest BCUT2D eigenvalue weighted by Crippen LogP contribution is -2.21. The maximum absolute atomic E-state index is 12.2. The molecule has 0 bridgehead atoms. The zero-order valence-corrected chi connectivity index (χ0v) is 16.7. The zero-order valence-electron chi connectivity index (χ0n) is 16.0. The molecule has 0 unspecified atom stereocenters. The Balaban J connectivity index is 1.71. The predicted molar refractivity (Wildman–Crippen MR) is 115 cm³/mol. The lowest BCUT2D eigenvalue weighted by atomic mass is 10.0. The Hall–Kier alpha value is -2.82. The molecule has 0 aliphatic carbocycles. The van der Waals surface area contributed by atoms with Crippen LogP contribution in [0.2, 0.25) is 5.02 Å². The van der Waals surface area contributed by atoms with Gasteiger partial charge in [-0.25, -0.2) is 0 Å². The molecule has 3 aromatic rings. The molecule has 0 aliphatic heterocycles. The van der Waals surface area contributed by atoms with Crippen LogP contribution in [0.3, 0.4) is 0 Å². The molecule has 0 aromatic heterocycles. The van der Waals surface area contributed by atoms with Gasteiger partial charge in [-0.2, -0.15) is 0 Å². The van der Waals surface area contributed by atoms with Crippen LogP contribution in [0.25, 0.3) is 11.1 Å². The molecule has 3 aromatic carbocycles. The number of benzene rings is 3. The van der Waals surface area contributed by atoms with Crippen LogP contribution < -0.4 is 10.1 Å². The van der Waals surface area contributed by atoms with Gasteiger partial charge in [0.05, 0.1) is 0 Å². The van der Waals surface area contributed by atoms with Crippen molar-refractivity contribution in [3.63, 3.8) is 0 Å². The van der Waals surface area contributed by atoms with E-state index < -0.39 is 0 Å². The van der Waals surface area contributed by atoms with Gasteiger partial charge in [-0.05, 0) is 61.6 Å². The fourth-order valence-corrected chi connectivity index (χ4v) is 2.99. The molecule has 4 nitrogen and oxygen atoms in total. The van der Waals surface area contributed by atoms with Crippen molar-refractivity contribution >= 4 is 23.2 Å². The van der Waals surface area contributed by atoms with Crippen LogP contribution in [-0.2, 0) is 11.3 Å². The van der Waals surface area contributed by atoms with Gasteiger partial charge < -0.3 is 15.0 Å². The number of ether oxygens (including phenoxy) is 1. The number of halogens is 1. The highest BCUT2D eigenvalue weighted by Crippen LogP contribution is 2.27. The number of nitrogens with one attached hydrogen (secondary N) is 1. The van der Waals surface area contributed by atoms with E-state index in [-0.39, 0.29) is 12.5 Å². The minimum atomic E-state index is -0.217. The van der Waals surface area contributed by atoms with E-state index in [1.54, 1.807) is 24.3 Å². The van der Waals surface area contributed by atoms with Crippen molar-refractivity contribution in [2.45, 2.75) is 6.54 Å². The van der Waals surface area contributed by atoms with E-state index >= 15 is 0 Å². The Labute approximate surface area is 170 Å². The molecule has 0 saturated heterocycles. The number of nitrogens with zero attached hydrogens (tertiary/aromatic N) is 1. The molecule has 0 spiro atoms. The van der Waals surface area contributed by atoms with E-state index in [0.717, 1.165) is 23.2 Å². The highest BCUT2D eigenvalue weighted by molar-refractivity contribution is 6.30. The van der Waals surface area contributed by atoms with Crippen molar-refractivity contribution in [2.75, 3.05) is 26.0 Å². The molecule has 0 aliphatic rings. The van der Waals surface area contributed by atoms with Crippen molar-refractivity contribution in [1.82, 2.24) is 4.90 Å². The molecule has 0 fully saturated rings. The average Bonchev–Trinajstić information content (AvgIpc) is 2.69. The standard InChI is InChI=1S/C23H23ClN2O2/c1-26(2)15-19-14-18(17-6-4-3-5-7-17)8-13-22(19)28-16-23(27)25-21-11-9-20(24)10-12-21/h3-14H,15-16H2,1-2H3,(H,25,27). The SMILES string of the molecule is CN(C)Cc1cc(-c2ccccc2)ccc1OCC(=O)Nc1ccc(Cl)cc1. The summed E-state index contributed by atoms with van der Waals surface area (Å²) >= 11 is 5.86. The smallest absolute Gasteiger partial charge is 0.262 e. The maximum Gasteiger partial charge on any atom is 0.262 e. The summed E-state index contributed by atoms with van der Waals surface area (Å²) in [5, 5.41) is 3.43. The largest absolute Gasteiger partial charge is 0.483 e. The van der Waals surface area contributed by atoms with Crippen LogP contribution in [0.5, 0.6) is 5.75 Å². The summed E-state index contributed by atoms with van der Waals surface area (Å²) in [6.07, 6.45) is 0. The van der Waals surface area contributed by atoms with Crippen LogP contribution in [0.15, 0.2) is 72.8 Å². The second-order valence-electron chi connectivity index (χ2n) is 6.77. The first-order chi connectivity index (χ1) is 13.5. The quantitative estimate of drug-likeness (QED) is 0.607. The number of rotatable bonds is 7. The van der Waals surface area contributed by atoms with E-state index in [0.29, 0.717) is 16.5 Å². The average molecular weight is 395 g/mol. The Morgan fingerprint density at radius 2 is 1.68 bits per heavy atom. The number of hydrogen-bond acceptors (Lipinski definition) is 3. The van der Waals surface area contributed by atoms with Crippen LogP contribution >= 0.6 is 11.6 Å². The number of amides is 1. The van der Waals surface area contributed by atoms with Gasteiger partial charge in [0.25, 0.3) is 5.91 Å². The van der Waals surface area contributed by atoms with Gasteiger partial charge in [-0.15, -0.1) is 0 Å². The number of carbonyl (C=O) groups excluding carboxylic acids is 1. The van der Waals surface area contributed by atoms with Crippen LogP contribution in [0.1, 0.15) is 5.56 Å². The van der Waals surface area contributed by atoms with Gasteiger partial charge in [-0.3, -0.25) is 4.79 Å². The molecule has 28 heavy (non-hydrogen) atoms. The Morgan fingerprint density at radius 3 is 2.36 bits per heavy atom. The van der Waals surface area contributed by atoms with Crippen molar-refractivity contribution < 1.29 is 9.53 Å². The third-order valence-electron chi connectivity index (χ3n) is 4.14. The highest BCUT2D eigenvalue weighted by atomic mass is 35.5. The zero-order chi connectivity index (χ0) is 19.9. The van der Waals surface area contributed by atoms with Crippen molar-refractivity contribution in [2.24, 2.45) is 0 Å². The maximum atomic E-state index is 12.2. The van der Waals surface area contributed by atoms with Gasteiger partial charge in [0.2, 0.25) is 0 Å². The summed E-state index contributed by atoms with van der Waals surface area (Å²) in [6, 6.07) is 23.2. The lowest BCUT2D eigenvalue weighted by molar-refractivity contribution is -0.118. The summed E-state index contributed by atoms with van der Waals surface area (Å²) in [4.78, 5) is 14.3. The van der Waals surface area contributed by atoms with E-state index in [2.05, 4.69) is 28.4 Å². The van der Waals surface area contributed by atoms with Crippen LogP contribution in [0, 0.1) is 0 Å².